The van der Waals surface area contributed by atoms with Crippen molar-refractivity contribution in [2.75, 3.05) is 19.6 Å². The average Bonchev–Trinajstić information content (AvgIpc) is 2.64. The van der Waals surface area contributed by atoms with Crippen molar-refractivity contribution in [3.8, 4) is 0 Å². The Morgan fingerprint density at radius 2 is 1.92 bits per heavy atom. The largest absolute Gasteiger partial charge is 0.356 e. The van der Waals surface area contributed by atoms with Crippen LogP contribution >= 0.6 is 23.2 Å². The molecule has 0 fully saturated rings. The molecule has 0 spiro atoms. The molecule has 1 N–H and O–H groups in total. The smallest absolute Gasteiger partial charge is 0.220 e. The van der Waals surface area contributed by atoms with Crippen molar-refractivity contribution in [2.24, 2.45) is 0 Å². The molecular weight excluding hydrogens is 367 g/mol. The summed E-state index contributed by atoms with van der Waals surface area (Å²) in [4.78, 5) is 14.5. The van der Waals surface area contributed by atoms with Crippen LogP contribution in [0, 0.1) is 0 Å². The zero-order valence-corrected chi connectivity index (χ0v) is 16.3. The first kappa shape index (κ1) is 19.2. The van der Waals surface area contributed by atoms with E-state index in [1.54, 1.807) is 12.1 Å². The molecule has 0 radical (unpaired) electrons. The van der Waals surface area contributed by atoms with E-state index in [4.69, 9.17) is 23.2 Å². The number of hydrogen-bond acceptors (Lipinski definition) is 2. The van der Waals surface area contributed by atoms with E-state index in [1.807, 2.05) is 6.07 Å². The van der Waals surface area contributed by atoms with Gasteiger partial charge in [0.05, 0.1) is 0 Å². The molecule has 138 valence electrons. The van der Waals surface area contributed by atoms with E-state index in [1.165, 1.54) is 11.1 Å². The van der Waals surface area contributed by atoms with Crippen LogP contribution in [0.5, 0.6) is 0 Å². The third kappa shape index (κ3) is 5.47. The first-order chi connectivity index (χ1) is 12.6. The maximum Gasteiger partial charge on any atom is 0.220 e. The van der Waals surface area contributed by atoms with Crippen LogP contribution in [0.3, 0.4) is 0 Å². The van der Waals surface area contributed by atoms with Crippen molar-refractivity contribution in [3.05, 3.63) is 69.2 Å². The number of carbonyl (C=O) groups excluding carboxylic acids is 1. The summed E-state index contributed by atoms with van der Waals surface area (Å²) >= 11 is 12.0. The number of amides is 1. The van der Waals surface area contributed by atoms with Gasteiger partial charge in [-0.25, -0.2) is 0 Å². The lowest BCUT2D eigenvalue weighted by molar-refractivity contribution is -0.121. The Kier molecular flexibility index (Phi) is 6.95. The number of halogens is 2. The lowest BCUT2D eigenvalue weighted by Gasteiger charge is -2.28. The van der Waals surface area contributed by atoms with Crippen LogP contribution in [-0.2, 0) is 24.2 Å². The van der Waals surface area contributed by atoms with Gasteiger partial charge in [0.1, 0.15) is 0 Å². The molecule has 2 aromatic carbocycles. The van der Waals surface area contributed by atoms with E-state index in [9.17, 15) is 4.79 Å². The van der Waals surface area contributed by atoms with Gasteiger partial charge in [-0.3, -0.25) is 9.69 Å². The summed E-state index contributed by atoms with van der Waals surface area (Å²) in [6.07, 6.45) is 3.16. The quantitative estimate of drug-likeness (QED) is 0.706. The maximum absolute atomic E-state index is 12.0. The molecule has 0 aliphatic carbocycles. The normalized spacial score (nSPS) is 14.1. The third-order valence-corrected chi connectivity index (χ3v) is 5.41. The van der Waals surface area contributed by atoms with E-state index >= 15 is 0 Å². The summed E-state index contributed by atoms with van der Waals surface area (Å²) in [5.41, 5.74) is 3.86. The molecule has 3 nitrogen and oxygen atoms in total. The van der Waals surface area contributed by atoms with Crippen molar-refractivity contribution in [1.29, 1.82) is 0 Å². The van der Waals surface area contributed by atoms with Gasteiger partial charge < -0.3 is 5.32 Å². The van der Waals surface area contributed by atoms with E-state index in [2.05, 4.69) is 34.5 Å². The molecule has 0 bridgehead atoms. The number of rotatable bonds is 7. The van der Waals surface area contributed by atoms with Crippen molar-refractivity contribution in [2.45, 2.75) is 32.2 Å². The Hall–Kier alpha value is -1.55. The Morgan fingerprint density at radius 3 is 2.73 bits per heavy atom. The van der Waals surface area contributed by atoms with Gasteiger partial charge in [-0.05, 0) is 48.1 Å². The Morgan fingerprint density at radius 1 is 1.12 bits per heavy atom. The van der Waals surface area contributed by atoms with Gasteiger partial charge in [0.2, 0.25) is 5.91 Å². The molecule has 0 saturated carbocycles. The number of nitrogens with one attached hydrogen (secondary N) is 1. The van der Waals surface area contributed by atoms with Gasteiger partial charge in [-0.2, -0.15) is 0 Å². The van der Waals surface area contributed by atoms with Gasteiger partial charge in [-0.15, -0.1) is 0 Å². The first-order valence-corrected chi connectivity index (χ1v) is 9.87. The Bertz CT molecular complexity index is 763. The number of fused-ring (bicyclic) bond motifs is 1. The van der Waals surface area contributed by atoms with Crippen LogP contribution in [0.4, 0.5) is 0 Å². The number of aryl methyl sites for hydroxylation is 1. The highest BCUT2D eigenvalue weighted by molar-refractivity contribution is 6.35. The van der Waals surface area contributed by atoms with Crippen molar-refractivity contribution in [3.63, 3.8) is 0 Å². The van der Waals surface area contributed by atoms with Crippen LogP contribution in [0.15, 0.2) is 42.5 Å². The minimum atomic E-state index is 0.0695. The van der Waals surface area contributed by atoms with Crippen LogP contribution in [0.25, 0.3) is 0 Å². The van der Waals surface area contributed by atoms with Crippen molar-refractivity contribution in [1.82, 2.24) is 10.2 Å². The number of nitrogens with zero attached hydrogens (tertiary/aromatic N) is 1. The van der Waals surface area contributed by atoms with Crippen LogP contribution in [-0.4, -0.2) is 30.4 Å². The second kappa shape index (κ2) is 9.40. The van der Waals surface area contributed by atoms with Gasteiger partial charge in [-0.1, -0.05) is 53.5 Å². The molecule has 1 aliphatic heterocycles. The highest BCUT2D eigenvalue weighted by Crippen LogP contribution is 2.22. The molecule has 3 rings (SSSR count). The summed E-state index contributed by atoms with van der Waals surface area (Å²) in [5, 5.41) is 4.24. The lowest BCUT2D eigenvalue weighted by atomic mass is 10.00. The predicted octanol–water partition coefficient (Wildman–Crippen LogP) is 4.49. The summed E-state index contributed by atoms with van der Waals surface area (Å²) in [5.74, 6) is 0.0695. The lowest BCUT2D eigenvalue weighted by Crippen LogP contribution is -2.33. The summed E-state index contributed by atoms with van der Waals surface area (Å²) in [6, 6.07) is 14.1. The van der Waals surface area contributed by atoms with Crippen LogP contribution in [0.1, 0.15) is 29.5 Å². The van der Waals surface area contributed by atoms with E-state index in [0.29, 0.717) is 29.4 Å². The highest BCUT2D eigenvalue weighted by atomic mass is 35.5. The van der Waals surface area contributed by atoms with E-state index in [-0.39, 0.29) is 5.91 Å². The fourth-order valence-corrected chi connectivity index (χ4v) is 3.84. The van der Waals surface area contributed by atoms with Crippen LogP contribution in [0.2, 0.25) is 10.0 Å². The van der Waals surface area contributed by atoms with Crippen molar-refractivity contribution < 1.29 is 4.79 Å². The fourth-order valence-electron chi connectivity index (χ4n) is 3.34. The van der Waals surface area contributed by atoms with Gasteiger partial charge in [0, 0.05) is 42.6 Å². The predicted molar refractivity (Wildman–Crippen MR) is 108 cm³/mol. The minimum Gasteiger partial charge on any atom is -0.356 e. The summed E-state index contributed by atoms with van der Waals surface area (Å²) in [6.45, 7) is 3.84. The molecule has 2 aromatic rings. The number of benzene rings is 2. The molecule has 5 heteroatoms. The first-order valence-electron chi connectivity index (χ1n) is 9.11. The second-order valence-corrected chi connectivity index (χ2v) is 7.58. The highest BCUT2D eigenvalue weighted by Gasteiger charge is 2.15. The SMILES string of the molecule is O=C(CCc1ccc(Cl)cc1Cl)NCCCN1CCc2ccccc2C1. The molecule has 1 heterocycles. The molecule has 0 aromatic heterocycles. The minimum absolute atomic E-state index is 0.0695. The standard InChI is InChI=1S/C21H24Cl2N2O/c22-19-8-6-17(20(23)14-19)7-9-21(26)24-11-3-12-25-13-10-16-4-1-2-5-18(16)15-25/h1-2,4-6,8,14H,3,7,9-13,15H2,(H,24,26). The Balaban J connectivity index is 1.33. The van der Waals surface area contributed by atoms with Gasteiger partial charge >= 0.3 is 0 Å². The molecule has 0 unspecified atom stereocenters. The number of hydrogen-bond donors (Lipinski definition) is 1. The average molecular weight is 391 g/mol. The van der Waals surface area contributed by atoms with Gasteiger partial charge in [0.15, 0.2) is 0 Å². The maximum atomic E-state index is 12.0. The van der Waals surface area contributed by atoms with Gasteiger partial charge in [0.25, 0.3) is 0 Å². The Labute approximate surface area is 165 Å². The second-order valence-electron chi connectivity index (χ2n) is 6.73. The molecule has 1 aliphatic rings. The summed E-state index contributed by atoms with van der Waals surface area (Å²) < 4.78 is 0. The zero-order chi connectivity index (χ0) is 18.4. The molecule has 26 heavy (non-hydrogen) atoms. The third-order valence-electron chi connectivity index (χ3n) is 4.82. The topological polar surface area (TPSA) is 32.3 Å². The van der Waals surface area contributed by atoms with E-state index < -0.39 is 0 Å². The molecular formula is C21H24Cl2N2O. The summed E-state index contributed by atoms with van der Waals surface area (Å²) in [7, 11) is 0. The van der Waals surface area contributed by atoms with Crippen LogP contribution < -0.4 is 5.32 Å². The van der Waals surface area contributed by atoms with E-state index in [0.717, 1.165) is 38.0 Å². The monoisotopic (exact) mass is 390 g/mol. The molecule has 0 saturated heterocycles. The number of carbonyl (C=O) groups is 1. The fraction of sp³-hybridized carbons (Fsp3) is 0.381. The zero-order valence-electron chi connectivity index (χ0n) is 14.8. The molecule has 0 atom stereocenters. The van der Waals surface area contributed by atoms with Crippen molar-refractivity contribution >= 4 is 29.1 Å². The molecule has 1 amide bonds.